The molecule has 1 heterocycles. The minimum absolute atomic E-state index is 0.00865. The number of nitrogens with zero attached hydrogens (tertiary/aromatic N) is 1. The molecule has 1 aliphatic heterocycles. The second kappa shape index (κ2) is 8.31. The van der Waals surface area contributed by atoms with Crippen LogP contribution in [0.5, 0.6) is 0 Å². The SMILES string of the molecule is CCC1CCCCN1C(=O)c1ccc(NS(=O)(=O)c2ccc(F)c(C)c2)cc1. The van der Waals surface area contributed by atoms with E-state index in [0.29, 0.717) is 11.3 Å². The van der Waals surface area contributed by atoms with Crippen LogP contribution in [0.15, 0.2) is 47.4 Å². The Hall–Kier alpha value is -2.41. The van der Waals surface area contributed by atoms with Crippen LogP contribution in [0.4, 0.5) is 10.1 Å². The van der Waals surface area contributed by atoms with Gasteiger partial charge < -0.3 is 4.90 Å². The molecule has 7 heteroatoms. The van der Waals surface area contributed by atoms with Crippen molar-refractivity contribution in [2.24, 2.45) is 0 Å². The molecule has 0 spiro atoms. The summed E-state index contributed by atoms with van der Waals surface area (Å²) in [4.78, 5) is 14.7. The first-order valence-corrected chi connectivity index (χ1v) is 11.0. The highest BCUT2D eigenvalue weighted by Gasteiger charge is 2.26. The summed E-state index contributed by atoms with van der Waals surface area (Å²) in [5.74, 6) is -0.472. The quantitative estimate of drug-likeness (QED) is 0.806. The predicted molar refractivity (Wildman–Crippen MR) is 107 cm³/mol. The fraction of sp³-hybridized carbons (Fsp3) is 0.381. The molecule has 0 saturated carbocycles. The number of amides is 1. The van der Waals surface area contributed by atoms with Crippen molar-refractivity contribution in [2.45, 2.75) is 50.5 Å². The number of likely N-dealkylation sites (tertiary alicyclic amines) is 1. The van der Waals surface area contributed by atoms with Crippen LogP contribution < -0.4 is 4.72 Å². The Kier molecular flexibility index (Phi) is 6.03. The molecule has 1 unspecified atom stereocenters. The average molecular weight is 405 g/mol. The van der Waals surface area contributed by atoms with Gasteiger partial charge in [-0.2, -0.15) is 0 Å². The molecule has 0 bridgehead atoms. The van der Waals surface area contributed by atoms with Gasteiger partial charge in [-0.3, -0.25) is 9.52 Å². The fourth-order valence-corrected chi connectivity index (χ4v) is 4.68. The van der Waals surface area contributed by atoms with Crippen molar-refractivity contribution < 1.29 is 17.6 Å². The number of nitrogens with one attached hydrogen (secondary N) is 1. The minimum Gasteiger partial charge on any atom is -0.336 e. The molecule has 0 radical (unpaired) electrons. The van der Waals surface area contributed by atoms with Crippen molar-refractivity contribution in [2.75, 3.05) is 11.3 Å². The fourth-order valence-electron chi connectivity index (χ4n) is 3.54. The van der Waals surface area contributed by atoms with E-state index in [2.05, 4.69) is 11.6 Å². The maximum atomic E-state index is 13.4. The third-order valence-corrected chi connectivity index (χ3v) is 6.56. The van der Waals surface area contributed by atoms with Gasteiger partial charge in [0.05, 0.1) is 4.90 Å². The number of anilines is 1. The number of halogens is 1. The second-order valence-electron chi connectivity index (χ2n) is 7.15. The largest absolute Gasteiger partial charge is 0.336 e. The van der Waals surface area contributed by atoms with E-state index >= 15 is 0 Å². The third kappa shape index (κ3) is 4.35. The number of hydrogen-bond donors (Lipinski definition) is 1. The summed E-state index contributed by atoms with van der Waals surface area (Å²) in [6, 6.07) is 10.3. The van der Waals surface area contributed by atoms with Crippen molar-refractivity contribution >= 4 is 21.6 Å². The van der Waals surface area contributed by atoms with Crippen LogP contribution in [0, 0.1) is 12.7 Å². The normalized spacial score (nSPS) is 17.4. The van der Waals surface area contributed by atoms with Crippen LogP contribution in [0.3, 0.4) is 0 Å². The summed E-state index contributed by atoms with van der Waals surface area (Å²) >= 11 is 0. The molecule has 2 aromatic rings. The van der Waals surface area contributed by atoms with Crippen LogP contribution in [0.25, 0.3) is 0 Å². The molecule has 28 heavy (non-hydrogen) atoms. The smallest absolute Gasteiger partial charge is 0.261 e. The molecule has 1 saturated heterocycles. The molecule has 3 rings (SSSR count). The van der Waals surface area contributed by atoms with E-state index in [-0.39, 0.29) is 22.4 Å². The zero-order valence-corrected chi connectivity index (χ0v) is 16.9. The van der Waals surface area contributed by atoms with E-state index in [1.54, 1.807) is 24.3 Å². The van der Waals surface area contributed by atoms with E-state index in [1.165, 1.54) is 19.1 Å². The minimum atomic E-state index is -3.83. The van der Waals surface area contributed by atoms with Gasteiger partial charge in [0.15, 0.2) is 0 Å². The predicted octanol–water partition coefficient (Wildman–Crippen LogP) is 4.34. The summed E-state index contributed by atoms with van der Waals surface area (Å²) in [6.45, 7) is 4.36. The lowest BCUT2D eigenvalue weighted by molar-refractivity contribution is 0.0608. The van der Waals surface area contributed by atoms with Gasteiger partial charge in [0.25, 0.3) is 15.9 Å². The average Bonchev–Trinajstić information content (AvgIpc) is 2.69. The molecule has 1 atom stereocenters. The monoisotopic (exact) mass is 404 g/mol. The molecular formula is C21H25FN2O3S. The van der Waals surface area contributed by atoms with Crippen molar-refractivity contribution in [3.8, 4) is 0 Å². The molecule has 2 aromatic carbocycles. The number of sulfonamides is 1. The number of benzene rings is 2. The van der Waals surface area contributed by atoms with E-state index < -0.39 is 15.8 Å². The van der Waals surface area contributed by atoms with Crippen LogP contribution in [-0.4, -0.2) is 31.8 Å². The molecule has 0 aromatic heterocycles. The van der Waals surface area contributed by atoms with E-state index in [0.717, 1.165) is 38.3 Å². The first-order valence-electron chi connectivity index (χ1n) is 9.52. The van der Waals surface area contributed by atoms with Gasteiger partial charge in [-0.1, -0.05) is 6.92 Å². The van der Waals surface area contributed by atoms with Crippen LogP contribution >= 0.6 is 0 Å². The highest BCUT2D eigenvalue weighted by atomic mass is 32.2. The zero-order chi connectivity index (χ0) is 20.3. The molecule has 0 aliphatic carbocycles. The van der Waals surface area contributed by atoms with E-state index in [1.807, 2.05) is 4.90 Å². The van der Waals surface area contributed by atoms with Gasteiger partial charge >= 0.3 is 0 Å². The summed E-state index contributed by atoms with van der Waals surface area (Å²) in [7, 11) is -3.83. The number of hydrogen-bond acceptors (Lipinski definition) is 3. The maximum Gasteiger partial charge on any atom is 0.261 e. The van der Waals surface area contributed by atoms with Crippen LogP contribution in [0.2, 0.25) is 0 Å². The third-order valence-electron chi connectivity index (χ3n) is 5.18. The topological polar surface area (TPSA) is 66.5 Å². The molecule has 1 aliphatic rings. The Bertz CT molecular complexity index is 958. The van der Waals surface area contributed by atoms with Gasteiger partial charge in [-0.25, -0.2) is 12.8 Å². The Balaban J connectivity index is 1.75. The Morgan fingerprint density at radius 1 is 1.18 bits per heavy atom. The number of carbonyl (C=O) groups is 1. The maximum absolute atomic E-state index is 13.4. The van der Waals surface area contributed by atoms with Gasteiger partial charge in [0.2, 0.25) is 0 Å². The molecule has 1 N–H and O–H groups in total. The Morgan fingerprint density at radius 3 is 2.54 bits per heavy atom. The molecule has 150 valence electrons. The van der Waals surface area contributed by atoms with Crippen LogP contribution in [0.1, 0.15) is 48.5 Å². The Labute approximate surface area is 165 Å². The highest BCUT2D eigenvalue weighted by Crippen LogP contribution is 2.23. The molecule has 5 nitrogen and oxygen atoms in total. The lowest BCUT2D eigenvalue weighted by Gasteiger charge is -2.35. The van der Waals surface area contributed by atoms with E-state index in [4.69, 9.17) is 0 Å². The highest BCUT2D eigenvalue weighted by molar-refractivity contribution is 7.92. The van der Waals surface area contributed by atoms with Crippen molar-refractivity contribution in [3.63, 3.8) is 0 Å². The van der Waals surface area contributed by atoms with Crippen molar-refractivity contribution in [1.82, 2.24) is 4.90 Å². The number of carbonyl (C=O) groups excluding carboxylic acids is 1. The second-order valence-corrected chi connectivity index (χ2v) is 8.83. The molecule has 1 amide bonds. The number of rotatable bonds is 5. The van der Waals surface area contributed by atoms with Gasteiger partial charge in [-0.15, -0.1) is 0 Å². The van der Waals surface area contributed by atoms with Crippen molar-refractivity contribution in [3.05, 3.63) is 59.4 Å². The lowest BCUT2D eigenvalue weighted by Crippen LogP contribution is -2.43. The van der Waals surface area contributed by atoms with Gasteiger partial charge in [0, 0.05) is 23.8 Å². The number of aryl methyl sites for hydroxylation is 1. The summed E-state index contributed by atoms with van der Waals surface area (Å²) < 4.78 is 40.9. The number of piperidine rings is 1. The molecule has 1 fully saturated rings. The first kappa shape index (κ1) is 20.3. The summed E-state index contributed by atoms with van der Waals surface area (Å²) in [6.07, 6.45) is 4.11. The standard InChI is InChI=1S/C21H25FN2O3S/c1-3-18-6-4-5-13-24(18)21(25)16-7-9-17(10-8-16)23-28(26,27)19-11-12-20(22)15(2)14-19/h7-12,14,18,23H,3-6,13H2,1-2H3. The van der Waals surface area contributed by atoms with Crippen molar-refractivity contribution in [1.29, 1.82) is 0 Å². The Morgan fingerprint density at radius 2 is 1.89 bits per heavy atom. The van der Waals surface area contributed by atoms with Crippen LogP contribution in [-0.2, 0) is 10.0 Å². The zero-order valence-electron chi connectivity index (χ0n) is 16.1. The van der Waals surface area contributed by atoms with Gasteiger partial charge in [-0.05, 0) is 80.6 Å². The summed E-state index contributed by atoms with van der Waals surface area (Å²) in [5.41, 5.74) is 1.15. The first-order chi connectivity index (χ1) is 13.3. The lowest BCUT2D eigenvalue weighted by atomic mass is 9.99. The van der Waals surface area contributed by atoms with Gasteiger partial charge in [0.1, 0.15) is 5.82 Å². The summed E-state index contributed by atoms with van der Waals surface area (Å²) in [5, 5.41) is 0. The van der Waals surface area contributed by atoms with E-state index in [9.17, 15) is 17.6 Å². The molecular weight excluding hydrogens is 379 g/mol.